The van der Waals surface area contributed by atoms with Crippen LogP contribution in [0.15, 0.2) is 54.7 Å². The summed E-state index contributed by atoms with van der Waals surface area (Å²) in [6.45, 7) is 5.48. The van der Waals surface area contributed by atoms with E-state index in [9.17, 15) is 13.8 Å². The number of halogens is 1. The molecule has 0 aliphatic heterocycles. The Balaban J connectivity index is 1.38. The molecule has 4 nitrogen and oxygen atoms in total. The minimum Gasteiger partial charge on any atom is -0.326 e. The number of hydrogen-bond donors (Lipinski definition) is 1. The Bertz CT molecular complexity index is 1160. The molecular formula is C26H30FN2O2P. The highest BCUT2D eigenvalue weighted by Gasteiger charge is 2.30. The van der Waals surface area contributed by atoms with E-state index in [4.69, 9.17) is 0 Å². The van der Waals surface area contributed by atoms with Crippen molar-refractivity contribution in [2.45, 2.75) is 38.5 Å². The molecule has 1 aliphatic carbocycles. The summed E-state index contributed by atoms with van der Waals surface area (Å²) >= 11 is 0. The van der Waals surface area contributed by atoms with Crippen molar-refractivity contribution in [3.05, 3.63) is 66.1 Å². The summed E-state index contributed by atoms with van der Waals surface area (Å²) < 4.78 is 26.0. The van der Waals surface area contributed by atoms with Crippen molar-refractivity contribution in [2.24, 2.45) is 11.8 Å². The summed E-state index contributed by atoms with van der Waals surface area (Å²) in [4.78, 5) is 17.2. The van der Waals surface area contributed by atoms with Crippen LogP contribution < -0.4 is 10.6 Å². The second-order valence-corrected chi connectivity index (χ2v) is 12.6. The average Bonchev–Trinajstić information content (AvgIpc) is 2.78. The third-order valence-electron chi connectivity index (χ3n) is 6.83. The van der Waals surface area contributed by atoms with E-state index >= 15 is 0 Å². The van der Waals surface area contributed by atoms with E-state index in [1.165, 1.54) is 6.07 Å². The van der Waals surface area contributed by atoms with Crippen LogP contribution in [-0.4, -0.2) is 24.2 Å². The molecule has 0 radical (unpaired) electrons. The number of carbonyl (C=O) groups is 1. The first-order valence-corrected chi connectivity index (χ1v) is 13.8. The molecule has 1 fully saturated rings. The van der Waals surface area contributed by atoms with Crippen LogP contribution >= 0.6 is 7.14 Å². The monoisotopic (exact) mass is 452 g/mol. The zero-order valence-electron chi connectivity index (χ0n) is 18.8. The van der Waals surface area contributed by atoms with Crippen LogP contribution in [0.3, 0.4) is 0 Å². The molecule has 0 bridgehead atoms. The number of nitrogens with zero attached hydrogens (tertiary/aromatic N) is 1. The fourth-order valence-electron chi connectivity index (χ4n) is 4.80. The maximum atomic E-state index is 13.8. The number of benzene rings is 2. The number of fused-ring (bicyclic) bond motifs is 1. The number of anilines is 1. The van der Waals surface area contributed by atoms with Crippen molar-refractivity contribution in [1.82, 2.24) is 4.98 Å². The number of aromatic nitrogens is 1. The maximum absolute atomic E-state index is 13.8. The van der Waals surface area contributed by atoms with Crippen LogP contribution in [0.2, 0.25) is 0 Å². The van der Waals surface area contributed by atoms with Crippen LogP contribution in [0.4, 0.5) is 10.1 Å². The van der Waals surface area contributed by atoms with Gasteiger partial charge in [0.25, 0.3) is 0 Å². The standard InChI is InChI=1S/C26H30FN2O2P/c1-17(26(30)29-21-9-11-22(12-10-21)32(2,3)31)18-4-6-19(7-5-18)23-14-15-28-25-13-8-20(27)16-24(23)25/h8-19H,4-7H2,1-3H3,(H,29,30)/t17?,18-,19+. The van der Waals surface area contributed by atoms with E-state index in [2.05, 4.69) is 10.3 Å². The fraction of sp³-hybridized carbons (Fsp3) is 0.385. The van der Waals surface area contributed by atoms with Crippen LogP contribution in [0.5, 0.6) is 0 Å². The fourth-order valence-corrected chi connectivity index (χ4v) is 5.67. The summed E-state index contributed by atoms with van der Waals surface area (Å²) in [5.41, 5.74) is 2.72. The zero-order valence-corrected chi connectivity index (χ0v) is 19.7. The van der Waals surface area contributed by atoms with Crippen molar-refractivity contribution in [3.63, 3.8) is 0 Å². The second-order valence-electron chi connectivity index (χ2n) is 9.35. The maximum Gasteiger partial charge on any atom is 0.227 e. The first kappa shape index (κ1) is 22.7. The predicted octanol–water partition coefficient (Wildman–Crippen LogP) is 6.17. The largest absolute Gasteiger partial charge is 0.326 e. The van der Waals surface area contributed by atoms with E-state index < -0.39 is 7.14 Å². The number of amides is 1. The van der Waals surface area contributed by atoms with Gasteiger partial charge in [-0.1, -0.05) is 6.92 Å². The van der Waals surface area contributed by atoms with Crippen LogP contribution in [-0.2, 0) is 9.36 Å². The SMILES string of the molecule is CC(C(=O)Nc1ccc(P(C)(C)=O)cc1)[C@H]1CC[C@@H](c2ccnc3ccc(F)cc32)CC1. The summed E-state index contributed by atoms with van der Waals surface area (Å²) in [5.74, 6) is 0.376. The van der Waals surface area contributed by atoms with Gasteiger partial charge in [0.1, 0.15) is 13.0 Å². The normalized spacial score (nSPS) is 20.1. The van der Waals surface area contributed by atoms with Crippen molar-refractivity contribution in [1.29, 1.82) is 0 Å². The van der Waals surface area contributed by atoms with Crippen molar-refractivity contribution < 1.29 is 13.8 Å². The van der Waals surface area contributed by atoms with E-state index in [1.807, 2.05) is 37.3 Å². The molecular weight excluding hydrogens is 422 g/mol. The van der Waals surface area contributed by atoms with Crippen molar-refractivity contribution >= 4 is 34.9 Å². The number of nitrogens with one attached hydrogen (secondary N) is 1. The molecule has 1 heterocycles. The second kappa shape index (κ2) is 9.15. The van der Waals surface area contributed by atoms with Gasteiger partial charge in [0, 0.05) is 28.5 Å². The lowest BCUT2D eigenvalue weighted by Gasteiger charge is -2.32. The number of carbonyl (C=O) groups excluding carboxylic acids is 1. The smallest absolute Gasteiger partial charge is 0.227 e. The highest BCUT2D eigenvalue weighted by Crippen LogP contribution is 2.41. The van der Waals surface area contributed by atoms with Gasteiger partial charge in [-0.3, -0.25) is 9.78 Å². The van der Waals surface area contributed by atoms with Gasteiger partial charge < -0.3 is 9.88 Å². The molecule has 0 spiro atoms. The summed E-state index contributed by atoms with van der Waals surface area (Å²) in [6.07, 6.45) is 5.70. The van der Waals surface area contributed by atoms with Crippen LogP contribution in [0, 0.1) is 17.7 Å². The van der Waals surface area contributed by atoms with Gasteiger partial charge in [-0.15, -0.1) is 0 Å². The third kappa shape index (κ3) is 4.94. The Labute approximate surface area is 189 Å². The molecule has 1 aromatic heterocycles. The molecule has 1 unspecified atom stereocenters. The first-order chi connectivity index (χ1) is 15.2. The molecule has 168 valence electrons. The van der Waals surface area contributed by atoms with Gasteiger partial charge >= 0.3 is 0 Å². The average molecular weight is 453 g/mol. The summed E-state index contributed by atoms with van der Waals surface area (Å²) in [7, 11) is -2.30. The Hall–Kier alpha value is -2.52. The van der Waals surface area contributed by atoms with Crippen LogP contribution in [0.25, 0.3) is 10.9 Å². The third-order valence-corrected chi connectivity index (χ3v) is 8.37. The lowest BCUT2D eigenvalue weighted by atomic mass is 9.73. The number of pyridine rings is 1. The number of rotatable bonds is 5. The topological polar surface area (TPSA) is 59.1 Å². The molecule has 3 aromatic rings. The molecule has 1 atom stereocenters. The van der Waals surface area contributed by atoms with Gasteiger partial charge in [0.2, 0.25) is 5.91 Å². The highest BCUT2D eigenvalue weighted by molar-refractivity contribution is 7.70. The first-order valence-electron chi connectivity index (χ1n) is 11.2. The molecule has 2 aromatic carbocycles. The minimum absolute atomic E-state index is 0.0220. The Morgan fingerprint density at radius 3 is 2.41 bits per heavy atom. The van der Waals surface area contributed by atoms with E-state index in [0.717, 1.165) is 53.1 Å². The predicted molar refractivity (Wildman–Crippen MR) is 130 cm³/mol. The molecule has 1 amide bonds. The van der Waals surface area contributed by atoms with E-state index in [0.29, 0.717) is 11.8 Å². The molecule has 1 aliphatic rings. The summed E-state index contributed by atoms with van der Waals surface area (Å²) in [5, 5.41) is 4.72. The minimum atomic E-state index is -2.30. The molecule has 6 heteroatoms. The molecule has 1 N–H and O–H groups in total. The van der Waals surface area contributed by atoms with Gasteiger partial charge in [-0.2, -0.15) is 0 Å². The van der Waals surface area contributed by atoms with Gasteiger partial charge in [0.05, 0.1) is 5.52 Å². The Morgan fingerprint density at radius 2 is 1.75 bits per heavy atom. The Kier molecular flexibility index (Phi) is 6.48. The van der Waals surface area contributed by atoms with Crippen molar-refractivity contribution in [3.8, 4) is 0 Å². The molecule has 4 rings (SSSR count). The highest BCUT2D eigenvalue weighted by atomic mass is 31.2. The van der Waals surface area contributed by atoms with Gasteiger partial charge in [-0.05, 0) is 105 Å². The molecule has 32 heavy (non-hydrogen) atoms. The number of hydrogen-bond acceptors (Lipinski definition) is 3. The van der Waals surface area contributed by atoms with Crippen molar-refractivity contribution in [2.75, 3.05) is 18.6 Å². The lowest BCUT2D eigenvalue weighted by molar-refractivity contribution is -0.121. The quantitative estimate of drug-likeness (QED) is 0.471. The van der Waals surface area contributed by atoms with Gasteiger partial charge in [0.15, 0.2) is 0 Å². The zero-order chi connectivity index (χ0) is 22.9. The van der Waals surface area contributed by atoms with Crippen LogP contribution in [0.1, 0.15) is 44.1 Å². The van der Waals surface area contributed by atoms with E-state index in [-0.39, 0.29) is 17.6 Å². The van der Waals surface area contributed by atoms with Gasteiger partial charge in [-0.25, -0.2) is 4.39 Å². The van der Waals surface area contributed by atoms with E-state index in [1.54, 1.807) is 31.7 Å². The molecule has 1 saturated carbocycles. The summed E-state index contributed by atoms with van der Waals surface area (Å²) in [6, 6.07) is 14.1. The Morgan fingerprint density at radius 1 is 1.06 bits per heavy atom. The molecule has 0 saturated heterocycles. The lowest BCUT2D eigenvalue weighted by Crippen LogP contribution is -2.29.